The highest BCUT2D eigenvalue weighted by molar-refractivity contribution is 5.76. The topological polar surface area (TPSA) is 36.8 Å². The van der Waals surface area contributed by atoms with Gasteiger partial charge < -0.3 is 0 Å². The fourth-order valence-corrected chi connectivity index (χ4v) is 0.602. The van der Waals surface area contributed by atoms with E-state index >= 15 is 0 Å². The van der Waals surface area contributed by atoms with Crippen LogP contribution in [-0.2, 0) is 0 Å². The highest BCUT2D eigenvalue weighted by Crippen LogP contribution is 2.11. The molecule has 0 bridgehead atoms. The number of nitrogens with zero attached hydrogens (tertiary/aromatic N) is 2. The van der Waals surface area contributed by atoms with Crippen molar-refractivity contribution in [3.63, 3.8) is 0 Å². The Labute approximate surface area is 54.9 Å². The molecule has 0 aromatic rings. The first-order valence-electron chi connectivity index (χ1n) is 3.10. The summed E-state index contributed by atoms with van der Waals surface area (Å²) in [5, 5.41) is 3.88. The minimum atomic E-state index is -0.0642. The summed E-state index contributed by atoms with van der Waals surface area (Å²) in [6.07, 6.45) is 4.45. The van der Waals surface area contributed by atoms with Gasteiger partial charge in [-0.3, -0.25) is 10.4 Å². The maximum atomic E-state index is 4.19. The van der Waals surface area contributed by atoms with Crippen LogP contribution in [0, 0.1) is 0 Å². The van der Waals surface area contributed by atoms with Crippen molar-refractivity contribution >= 4 is 12.6 Å². The lowest BCUT2D eigenvalue weighted by molar-refractivity contribution is 0.604. The van der Waals surface area contributed by atoms with Crippen molar-refractivity contribution in [1.29, 1.82) is 0 Å². The van der Waals surface area contributed by atoms with Crippen LogP contribution in [0.3, 0.4) is 0 Å². The zero-order valence-corrected chi connectivity index (χ0v) is 5.76. The van der Waals surface area contributed by atoms with E-state index in [-0.39, 0.29) is 5.54 Å². The highest BCUT2D eigenvalue weighted by atomic mass is 15.3. The summed E-state index contributed by atoms with van der Waals surface area (Å²) in [4.78, 5) is 4.19. The zero-order chi connectivity index (χ0) is 6.74. The Morgan fingerprint density at radius 3 is 2.78 bits per heavy atom. The van der Waals surface area contributed by atoms with Crippen LogP contribution in [0.4, 0.5) is 0 Å². The molecule has 1 N–H and O–H groups in total. The molecular weight excluding hydrogens is 114 g/mol. The van der Waals surface area contributed by atoms with E-state index in [9.17, 15) is 0 Å². The number of rotatable bonds is 1. The fourth-order valence-electron chi connectivity index (χ4n) is 0.602. The van der Waals surface area contributed by atoms with E-state index in [4.69, 9.17) is 0 Å². The zero-order valence-electron chi connectivity index (χ0n) is 5.76. The second-order valence-electron chi connectivity index (χ2n) is 2.36. The summed E-state index contributed by atoms with van der Waals surface area (Å²) in [5.41, 5.74) is 2.59. The number of hydrogen-bond acceptors (Lipinski definition) is 3. The second kappa shape index (κ2) is 2.17. The van der Waals surface area contributed by atoms with Gasteiger partial charge in [0.15, 0.2) is 0 Å². The van der Waals surface area contributed by atoms with Crippen LogP contribution in [0.2, 0.25) is 0 Å². The molecule has 0 saturated carbocycles. The van der Waals surface area contributed by atoms with E-state index < -0.39 is 0 Å². The van der Waals surface area contributed by atoms with Crippen molar-refractivity contribution in [3.05, 3.63) is 0 Å². The average molecular weight is 125 g/mol. The van der Waals surface area contributed by atoms with Gasteiger partial charge in [0.2, 0.25) is 0 Å². The van der Waals surface area contributed by atoms with Crippen molar-refractivity contribution in [3.8, 4) is 0 Å². The molecule has 1 unspecified atom stereocenters. The number of nitrogens with one attached hydrogen (secondary N) is 1. The van der Waals surface area contributed by atoms with Crippen molar-refractivity contribution in [2.24, 2.45) is 10.1 Å². The Bertz CT molecular complexity index is 136. The monoisotopic (exact) mass is 125 g/mol. The third-order valence-electron chi connectivity index (χ3n) is 1.55. The minimum absolute atomic E-state index is 0.0642. The molecule has 50 valence electrons. The van der Waals surface area contributed by atoms with Crippen molar-refractivity contribution in [2.45, 2.75) is 25.8 Å². The molecule has 3 nitrogen and oxygen atoms in total. The summed E-state index contributed by atoms with van der Waals surface area (Å²) >= 11 is 0. The Balaban J connectivity index is 2.67. The Kier molecular flexibility index (Phi) is 1.51. The molecule has 0 radical (unpaired) electrons. The van der Waals surface area contributed by atoms with Gasteiger partial charge in [0, 0.05) is 0 Å². The van der Waals surface area contributed by atoms with Crippen LogP contribution in [0.15, 0.2) is 10.1 Å². The van der Waals surface area contributed by atoms with Gasteiger partial charge in [-0.15, -0.1) is 0 Å². The Morgan fingerprint density at radius 1 is 1.67 bits per heavy atom. The van der Waals surface area contributed by atoms with Gasteiger partial charge in [-0.1, -0.05) is 6.92 Å². The molecule has 3 heteroatoms. The number of aliphatic imine (C=N–C) groups is 1. The molecule has 1 heterocycles. The molecule has 0 amide bonds. The maximum absolute atomic E-state index is 4.19. The maximum Gasteiger partial charge on any atom is 0.104 e. The summed E-state index contributed by atoms with van der Waals surface area (Å²) in [5.74, 6) is 0. The molecule has 0 aromatic heterocycles. The van der Waals surface area contributed by atoms with Crippen molar-refractivity contribution < 1.29 is 0 Å². The highest BCUT2D eigenvalue weighted by Gasteiger charge is 2.17. The molecule has 1 aliphatic heterocycles. The average Bonchev–Trinajstić information content (AvgIpc) is 1.90. The molecule has 0 aliphatic carbocycles. The largest absolute Gasteiger partial charge is 0.268 e. The summed E-state index contributed by atoms with van der Waals surface area (Å²) < 4.78 is 0. The molecule has 0 spiro atoms. The quantitative estimate of drug-likeness (QED) is 0.552. The van der Waals surface area contributed by atoms with Gasteiger partial charge in [-0.2, -0.15) is 5.10 Å². The van der Waals surface area contributed by atoms with E-state index in [2.05, 4.69) is 22.4 Å². The van der Waals surface area contributed by atoms with Crippen LogP contribution in [0.1, 0.15) is 20.3 Å². The van der Waals surface area contributed by atoms with Gasteiger partial charge >= 0.3 is 0 Å². The normalized spacial score (nSPS) is 32.2. The van der Waals surface area contributed by atoms with Gasteiger partial charge in [0.25, 0.3) is 0 Å². The smallest absolute Gasteiger partial charge is 0.104 e. The Morgan fingerprint density at radius 2 is 2.44 bits per heavy atom. The van der Waals surface area contributed by atoms with E-state index in [1.807, 2.05) is 13.1 Å². The predicted molar refractivity (Wildman–Crippen MR) is 38.8 cm³/mol. The molecular formula is C6H11N3. The first-order chi connectivity index (χ1) is 4.27. The van der Waals surface area contributed by atoms with Gasteiger partial charge in [-0.05, 0) is 13.3 Å². The minimum Gasteiger partial charge on any atom is -0.268 e. The predicted octanol–water partition coefficient (Wildman–Crippen LogP) is 0.772. The SMILES string of the molecule is CCC1(C)C=NNC=N1. The van der Waals surface area contributed by atoms with Crippen LogP contribution in [-0.4, -0.2) is 18.1 Å². The van der Waals surface area contributed by atoms with E-state index in [0.29, 0.717) is 0 Å². The summed E-state index contributed by atoms with van der Waals surface area (Å²) in [6, 6.07) is 0. The lowest BCUT2D eigenvalue weighted by Crippen LogP contribution is -2.29. The van der Waals surface area contributed by atoms with Crippen LogP contribution >= 0.6 is 0 Å². The van der Waals surface area contributed by atoms with Gasteiger partial charge in [0.1, 0.15) is 6.34 Å². The van der Waals surface area contributed by atoms with Crippen LogP contribution in [0.5, 0.6) is 0 Å². The van der Waals surface area contributed by atoms with Crippen LogP contribution in [0.25, 0.3) is 0 Å². The van der Waals surface area contributed by atoms with E-state index in [1.165, 1.54) is 0 Å². The first kappa shape index (κ1) is 6.26. The standard InChI is InChI=1S/C6H11N3/c1-3-6(2)4-8-9-5-7-6/h4-5H,3H2,1-2H3,(H,7,9). The number of hydrazone groups is 1. The van der Waals surface area contributed by atoms with Gasteiger partial charge in [-0.25, -0.2) is 0 Å². The molecule has 0 fully saturated rings. The molecule has 1 aliphatic rings. The molecule has 1 atom stereocenters. The van der Waals surface area contributed by atoms with Gasteiger partial charge in [0.05, 0.1) is 11.8 Å². The third kappa shape index (κ3) is 1.28. The summed E-state index contributed by atoms with van der Waals surface area (Å²) in [7, 11) is 0. The molecule has 9 heavy (non-hydrogen) atoms. The Hall–Kier alpha value is -0.860. The molecule has 0 saturated heterocycles. The molecule has 1 rings (SSSR count). The van der Waals surface area contributed by atoms with Crippen molar-refractivity contribution in [1.82, 2.24) is 5.43 Å². The van der Waals surface area contributed by atoms with E-state index in [0.717, 1.165) is 6.42 Å². The first-order valence-corrected chi connectivity index (χ1v) is 3.10. The number of hydrogen-bond donors (Lipinski definition) is 1. The summed E-state index contributed by atoms with van der Waals surface area (Å²) in [6.45, 7) is 4.14. The lowest BCUT2D eigenvalue weighted by atomic mass is 10.0. The lowest BCUT2D eigenvalue weighted by Gasteiger charge is -2.19. The van der Waals surface area contributed by atoms with Crippen LogP contribution < -0.4 is 5.43 Å². The fraction of sp³-hybridized carbons (Fsp3) is 0.667. The van der Waals surface area contributed by atoms with E-state index in [1.54, 1.807) is 6.34 Å². The third-order valence-corrected chi connectivity index (χ3v) is 1.55. The molecule has 0 aromatic carbocycles. The second-order valence-corrected chi connectivity index (χ2v) is 2.36. The van der Waals surface area contributed by atoms with Crippen molar-refractivity contribution in [2.75, 3.05) is 0 Å².